The maximum atomic E-state index is 10.7. The van der Waals surface area contributed by atoms with Gasteiger partial charge in [0.1, 0.15) is 12.4 Å². The summed E-state index contributed by atoms with van der Waals surface area (Å²) < 4.78 is 5.52. The number of aryl methyl sites for hydroxylation is 1. The van der Waals surface area contributed by atoms with E-state index in [1.54, 1.807) is 24.4 Å². The van der Waals surface area contributed by atoms with Crippen LogP contribution in [0.2, 0.25) is 0 Å². The minimum atomic E-state index is 0.367. The topological polar surface area (TPSA) is 65.2 Å². The Bertz CT molecular complexity index is 735. The van der Waals surface area contributed by atoms with Gasteiger partial charge in [0.05, 0.1) is 11.3 Å². The lowest BCUT2D eigenvalue weighted by Crippen LogP contribution is -1.99. The standard InChI is InChI=1S/C13H11NO2.C7H9N/c15-9-11-5-1-2-7-13(11)16-10-12-6-3-4-8-14-12;1-6-2-4-7(8)5-3-6/h1-9H,10H2;2-5H,8H2,1H3. The molecular weight excluding hydrogens is 300 g/mol. The van der Waals surface area contributed by atoms with Gasteiger partial charge in [-0.1, -0.05) is 35.9 Å². The summed E-state index contributed by atoms with van der Waals surface area (Å²) in [6.07, 6.45) is 2.50. The zero-order valence-electron chi connectivity index (χ0n) is 13.6. The highest BCUT2D eigenvalue weighted by molar-refractivity contribution is 5.79. The van der Waals surface area contributed by atoms with Crippen molar-refractivity contribution in [1.29, 1.82) is 0 Å². The number of hydrogen-bond acceptors (Lipinski definition) is 4. The summed E-state index contributed by atoms with van der Waals surface area (Å²) in [7, 11) is 0. The van der Waals surface area contributed by atoms with Gasteiger partial charge in [0, 0.05) is 11.9 Å². The van der Waals surface area contributed by atoms with Crippen LogP contribution in [0.3, 0.4) is 0 Å². The summed E-state index contributed by atoms with van der Waals surface area (Å²) >= 11 is 0. The highest BCUT2D eigenvalue weighted by atomic mass is 16.5. The fourth-order valence-corrected chi connectivity index (χ4v) is 1.91. The van der Waals surface area contributed by atoms with Crippen LogP contribution in [0.1, 0.15) is 21.6 Å². The van der Waals surface area contributed by atoms with Gasteiger partial charge in [-0.3, -0.25) is 9.78 Å². The quantitative estimate of drug-likeness (QED) is 0.582. The van der Waals surface area contributed by atoms with Crippen molar-refractivity contribution in [2.45, 2.75) is 13.5 Å². The van der Waals surface area contributed by atoms with Crippen molar-refractivity contribution in [3.63, 3.8) is 0 Å². The third-order valence-corrected chi connectivity index (χ3v) is 3.23. The maximum Gasteiger partial charge on any atom is 0.153 e. The number of hydrogen-bond donors (Lipinski definition) is 1. The average Bonchev–Trinajstić information content (AvgIpc) is 2.64. The summed E-state index contributed by atoms with van der Waals surface area (Å²) in [6.45, 7) is 2.41. The molecule has 0 aliphatic carbocycles. The van der Waals surface area contributed by atoms with Crippen LogP contribution < -0.4 is 10.5 Å². The highest BCUT2D eigenvalue weighted by Crippen LogP contribution is 2.16. The molecule has 122 valence electrons. The van der Waals surface area contributed by atoms with E-state index in [2.05, 4.69) is 4.98 Å². The number of carbonyl (C=O) groups excluding carboxylic acids is 1. The molecular formula is C20H20N2O2. The number of rotatable bonds is 4. The van der Waals surface area contributed by atoms with E-state index in [0.717, 1.165) is 17.7 Å². The molecule has 0 amide bonds. The summed E-state index contributed by atoms with van der Waals surface area (Å²) in [5, 5.41) is 0. The molecule has 0 radical (unpaired) electrons. The average molecular weight is 320 g/mol. The number of aldehydes is 1. The number of pyridine rings is 1. The van der Waals surface area contributed by atoms with E-state index in [1.165, 1.54) is 5.56 Å². The highest BCUT2D eigenvalue weighted by Gasteiger charge is 2.01. The number of para-hydroxylation sites is 1. The Morgan fingerprint density at radius 1 is 1.00 bits per heavy atom. The molecule has 0 fully saturated rings. The Kier molecular flexibility index (Phi) is 6.53. The van der Waals surface area contributed by atoms with E-state index in [9.17, 15) is 4.79 Å². The third kappa shape index (κ3) is 5.57. The van der Waals surface area contributed by atoms with Crippen molar-refractivity contribution in [2.24, 2.45) is 0 Å². The van der Waals surface area contributed by atoms with E-state index in [-0.39, 0.29) is 0 Å². The van der Waals surface area contributed by atoms with Gasteiger partial charge in [0.25, 0.3) is 0 Å². The van der Waals surface area contributed by atoms with Gasteiger partial charge in [-0.05, 0) is 43.3 Å². The number of anilines is 1. The first-order chi connectivity index (χ1) is 11.7. The zero-order chi connectivity index (χ0) is 17.2. The molecule has 0 bridgehead atoms. The molecule has 1 aromatic heterocycles. The molecule has 4 heteroatoms. The minimum Gasteiger partial charge on any atom is -0.487 e. The first-order valence-electron chi connectivity index (χ1n) is 7.58. The number of nitrogens with two attached hydrogens (primary N) is 1. The largest absolute Gasteiger partial charge is 0.487 e. The Hall–Kier alpha value is -3.14. The van der Waals surface area contributed by atoms with Crippen molar-refractivity contribution >= 4 is 12.0 Å². The van der Waals surface area contributed by atoms with E-state index in [4.69, 9.17) is 10.5 Å². The number of ether oxygens (including phenoxy) is 1. The fourth-order valence-electron chi connectivity index (χ4n) is 1.91. The predicted molar refractivity (Wildman–Crippen MR) is 96.0 cm³/mol. The Labute approximate surface area is 141 Å². The van der Waals surface area contributed by atoms with Gasteiger partial charge in [-0.15, -0.1) is 0 Å². The van der Waals surface area contributed by atoms with Gasteiger partial charge in [-0.2, -0.15) is 0 Å². The molecule has 0 unspecified atom stereocenters. The smallest absolute Gasteiger partial charge is 0.153 e. The number of nitrogen functional groups attached to an aromatic ring is 1. The Morgan fingerprint density at radius 2 is 1.71 bits per heavy atom. The lowest BCUT2D eigenvalue weighted by atomic mass is 10.2. The van der Waals surface area contributed by atoms with Crippen LogP contribution in [0.25, 0.3) is 0 Å². The molecule has 2 aromatic carbocycles. The van der Waals surface area contributed by atoms with Crippen LogP contribution in [0.5, 0.6) is 5.75 Å². The van der Waals surface area contributed by atoms with Crippen LogP contribution in [0, 0.1) is 6.92 Å². The van der Waals surface area contributed by atoms with E-state index >= 15 is 0 Å². The number of nitrogens with zero attached hydrogens (tertiary/aromatic N) is 1. The second-order valence-corrected chi connectivity index (χ2v) is 5.18. The molecule has 0 spiro atoms. The molecule has 0 atom stereocenters. The van der Waals surface area contributed by atoms with Crippen LogP contribution >= 0.6 is 0 Å². The van der Waals surface area contributed by atoms with Gasteiger partial charge in [0.15, 0.2) is 6.29 Å². The molecule has 1 heterocycles. The van der Waals surface area contributed by atoms with E-state index < -0.39 is 0 Å². The second kappa shape index (κ2) is 9.10. The Morgan fingerprint density at radius 3 is 2.33 bits per heavy atom. The number of carbonyl (C=O) groups is 1. The normalized spacial score (nSPS) is 9.54. The van der Waals surface area contributed by atoms with Gasteiger partial charge < -0.3 is 10.5 Å². The second-order valence-electron chi connectivity index (χ2n) is 5.18. The lowest BCUT2D eigenvalue weighted by Gasteiger charge is -2.07. The van der Waals surface area contributed by atoms with Crippen LogP contribution in [-0.4, -0.2) is 11.3 Å². The molecule has 4 nitrogen and oxygen atoms in total. The first-order valence-corrected chi connectivity index (χ1v) is 7.58. The molecule has 2 N–H and O–H groups in total. The number of aromatic nitrogens is 1. The number of benzene rings is 2. The lowest BCUT2D eigenvalue weighted by molar-refractivity contribution is 0.111. The molecule has 24 heavy (non-hydrogen) atoms. The summed E-state index contributed by atoms with van der Waals surface area (Å²) in [5.41, 5.74) is 8.90. The molecule has 3 aromatic rings. The molecule has 0 saturated heterocycles. The molecule has 0 aliphatic rings. The molecule has 3 rings (SSSR count). The molecule has 0 saturated carbocycles. The summed E-state index contributed by atoms with van der Waals surface area (Å²) in [4.78, 5) is 14.9. The Balaban J connectivity index is 0.000000219. The van der Waals surface area contributed by atoms with Crippen LogP contribution in [-0.2, 0) is 6.61 Å². The van der Waals surface area contributed by atoms with E-state index in [0.29, 0.717) is 17.9 Å². The zero-order valence-corrected chi connectivity index (χ0v) is 13.6. The summed E-state index contributed by atoms with van der Waals surface area (Å²) in [6, 6.07) is 20.5. The third-order valence-electron chi connectivity index (χ3n) is 3.23. The van der Waals surface area contributed by atoms with Crippen molar-refractivity contribution in [2.75, 3.05) is 5.73 Å². The van der Waals surface area contributed by atoms with Crippen molar-refractivity contribution < 1.29 is 9.53 Å². The van der Waals surface area contributed by atoms with E-state index in [1.807, 2.05) is 55.5 Å². The maximum absolute atomic E-state index is 10.7. The van der Waals surface area contributed by atoms with Crippen molar-refractivity contribution in [3.8, 4) is 5.75 Å². The molecule has 0 aliphatic heterocycles. The predicted octanol–water partition coefficient (Wildman–Crippen LogP) is 4.05. The van der Waals surface area contributed by atoms with Crippen molar-refractivity contribution in [1.82, 2.24) is 4.98 Å². The monoisotopic (exact) mass is 320 g/mol. The summed E-state index contributed by atoms with van der Waals surface area (Å²) in [5.74, 6) is 0.586. The van der Waals surface area contributed by atoms with Gasteiger partial charge in [0.2, 0.25) is 0 Å². The van der Waals surface area contributed by atoms with Gasteiger partial charge >= 0.3 is 0 Å². The van der Waals surface area contributed by atoms with Crippen LogP contribution in [0.4, 0.5) is 5.69 Å². The van der Waals surface area contributed by atoms with Crippen molar-refractivity contribution in [3.05, 3.63) is 89.7 Å². The SMILES string of the molecule is Cc1ccc(N)cc1.O=Cc1ccccc1OCc1ccccn1. The fraction of sp³-hybridized carbons (Fsp3) is 0.100. The van der Waals surface area contributed by atoms with Crippen LogP contribution in [0.15, 0.2) is 72.9 Å². The minimum absolute atomic E-state index is 0.367. The van der Waals surface area contributed by atoms with Gasteiger partial charge in [-0.25, -0.2) is 0 Å². The first kappa shape index (κ1) is 17.2.